The number of alkyl halides is 2. The topological polar surface area (TPSA) is 29.3 Å². The summed E-state index contributed by atoms with van der Waals surface area (Å²) in [6, 6.07) is 0. The van der Waals surface area contributed by atoms with Gasteiger partial charge in [-0.3, -0.25) is 0 Å². The molecule has 1 unspecified atom stereocenters. The zero-order valence-electron chi connectivity index (χ0n) is 6.90. The third-order valence-electron chi connectivity index (χ3n) is 2.32. The zero-order valence-corrected chi connectivity index (χ0v) is 6.90. The molecule has 0 aromatic rings. The Kier molecular flexibility index (Phi) is 1.92. The lowest BCUT2D eigenvalue weighted by Crippen LogP contribution is -2.62. The number of hydrogen-bond donors (Lipinski definition) is 1. The van der Waals surface area contributed by atoms with Crippen LogP contribution in [-0.4, -0.2) is 36.5 Å². The number of rotatable bonds is 0. The fraction of sp³-hybridized carbons (Fsp3) is 1.00. The molecule has 0 aromatic carbocycles. The highest BCUT2D eigenvalue weighted by Gasteiger charge is 2.50. The van der Waals surface area contributed by atoms with Gasteiger partial charge in [0.2, 0.25) is 0 Å². The summed E-state index contributed by atoms with van der Waals surface area (Å²) in [5.74, 6) is -2.75. The first-order valence-corrected chi connectivity index (χ1v) is 3.70. The first kappa shape index (κ1) is 8.87. The predicted octanol–water partition coefficient (Wildman–Crippen LogP) is 0.675. The predicted molar refractivity (Wildman–Crippen MR) is 39.7 cm³/mol. The maximum absolute atomic E-state index is 13.1. The molecule has 1 aliphatic heterocycles. The van der Waals surface area contributed by atoms with Gasteiger partial charge in [0.1, 0.15) is 0 Å². The van der Waals surface area contributed by atoms with E-state index >= 15 is 0 Å². The van der Waals surface area contributed by atoms with Crippen molar-refractivity contribution in [2.45, 2.75) is 24.8 Å². The minimum atomic E-state index is -2.75. The van der Waals surface area contributed by atoms with Crippen LogP contribution in [0.4, 0.5) is 8.78 Å². The number of halogens is 2. The van der Waals surface area contributed by atoms with Gasteiger partial charge in [-0.05, 0) is 20.4 Å². The smallest absolute Gasteiger partial charge is 0.277 e. The van der Waals surface area contributed by atoms with Gasteiger partial charge in [-0.1, -0.05) is 0 Å². The first-order chi connectivity index (χ1) is 4.85. The van der Waals surface area contributed by atoms with Crippen LogP contribution in [0, 0.1) is 0 Å². The SMILES string of the molecule is CN1CCC(C)(N)C(F)(F)C1. The van der Waals surface area contributed by atoms with Gasteiger partial charge >= 0.3 is 0 Å². The van der Waals surface area contributed by atoms with Gasteiger partial charge in [-0.25, -0.2) is 8.78 Å². The molecule has 2 N–H and O–H groups in total. The highest BCUT2D eigenvalue weighted by atomic mass is 19.3. The Morgan fingerprint density at radius 1 is 1.45 bits per heavy atom. The van der Waals surface area contributed by atoms with E-state index in [1.54, 1.807) is 11.9 Å². The molecule has 1 atom stereocenters. The van der Waals surface area contributed by atoms with Gasteiger partial charge < -0.3 is 10.6 Å². The minimum absolute atomic E-state index is 0.222. The molecule has 0 saturated carbocycles. The summed E-state index contributed by atoms with van der Waals surface area (Å²) in [4.78, 5) is 1.61. The molecular formula is C7H14F2N2. The lowest BCUT2D eigenvalue weighted by atomic mass is 9.87. The Morgan fingerprint density at radius 2 is 2.00 bits per heavy atom. The Morgan fingerprint density at radius 3 is 2.36 bits per heavy atom. The monoisotopic (exact) mass is 164 g/mol. The Balaban J connectivity index is 2.72. The Labute approximate surface area is 65.4 Å². The van der Waals surface area contributed by atoms with Gasteiger partial charge in [-0.2, -0.15) is 0 Å². The first-order valence-electron chi connectivity index (χ1n) is 3.70. The quantitative estimate of drug-likeness (QED) is 0.570. The van der Waals surface area contributed by atoms with Crippen molar-refractivity contribution in [3.8, 4) is 0 Å². The summed E-state index contributed by atoms with van der Waals surface area (Å²) in [7, 11) is 1.68. The minimum Gasteiger partial charge on any atom is -0.320 e. The summed E-state index contributed by atoms with van der Waals surface area (Å²) < 4.78 is 26.1. The highest BCUT2D eigenvalue weighted by Crippen LogP contribution is 2.33. The number of piperidine rings is 1. The van der Waals surface area contributed by atoms with Crippen LogP contribution in [0.5, 0.6) is 0 Å². The molecule has 0 aliphatic carbocycles. The van der Waals surface area contributed by atoms with E-state index in [1.165, 1.54) is 6.92 Å². The molecule has 11 heavy (non-hydrogen) atoms. The van der Waals surface area contributed by atoms with Crippen LogP contribution in [0.15, 0.2) is 0 Å². The van der Waals surface area contributed by atoms with Crippen molar-refractivity contribution in [3.05, 3.63) is 0 Å². The lowest BCUT2D eigenvalue weighted by Gasteiger charge is -2.41. The molecule has 1 aliphatic rings. The van der Waals surface area contributed by atoms with E-state index in [0.717, 1.165) is 0 Å². The van der Waals surface area contributed by atoms with Crippen LogP contribution in [-0.2, 0) is 0 Å². The maximum atomic E-state index is 13.1. The number of nitrogens with zero attached hydrogens (tertiary/aromatic N) is 1. The Hall–Kier alpha value is -0.220. The average Bonchev–Trinajstić information content (AvgIpc) is 1.80. The van der Waals surface area contributed by atoms with Crippen LogP contribution in [0.25, 0.3) is 0 Å². The van der Waals surface area contributed by atoms with Crippen molar-refractivity contribution in [3.63, 3.8) is 0 Å². The number of likely N-dealkylation sites (tertiary alicyclic amines) is 1. The molecular weight excluding hydrogens is 150 g/mol. The van der Waals surface area contributed by atoms with Crippen molar-refractivity contribution in [1.29, 1.82) is 0 Å². The molecule has 0 radical (unpaired) electrons. The molecule has 66 valence electrons. The summed E-state index contributed by atoms with van der Waals surface area (Å²) in [6.07, 6.45) is 0.358. The van der Waals surface area contributed by atoms with Crippen LogP contribution in [0.2, 0.25) is 0 Å². The van der Waals surface area contributed by atoms with Crippen molar-refractivity contribution in [2.24, 2.45) is 5.73 Å². The molecule has 1 heterocycles. The standard InChI is InChI=1S/C7H14F2N2/c1-6(10)3-4-11(2)5-7(6,8)9/h3-5,10H2,1-2H3. The van der Waals surface area contributed by atoms with E-state index < -0.39 is 11.5 Å². The third kappa shape index (κ3) is 1.51. The van der Waals surface area contributed by atoms with Crippen LogP contribution < -0.4 is 5.73 Å². The van der Waals surface area contributed by atoms with Crippen molar-refractivity contribution in [1.82, 2.24) is 4.90 Å². The van der Waals surface area contributed by atoms with Crippen molar-refractivity contribution >= 4 is 0 Å². The van der Waals surface area contributed by atoms with Crippen molar-refractivity contribution in [2.75, 3.05) is 20.1 Å². The van der Waals surface area contributed by atoms with Gasteiger partial charge in [-0.15, -0.1) is 0 Å². The molecule has 0 spiro atoms. The zero-order chi connectivity index (χ0) is 8.70. The van der Waals surface area contributed by atoms with E-state index in [4.69, 9.17) is 5.73 Å². The van der Waals surface area contributed by atoms with Crippen LogP contribution in [0.1, 0.15) is 13.3 Å². The maximum Gasteiger partial charge on any atom is 0.277 e. The number of hydrogen-bond acceptors (Lipinski definition) is 2. The van der Waals surface area contributed by atoms with Gasteiger partial charge in [0.25, 0.3) is 5.92 Å². The van der Waals surface area contributed by atoms with Crippen LogP contribution >= 0.6 is 0 Å². The fourth-order valence-corrected chi connectivity index (χ4v) is 1.20. The summed E-state index contributed by atoms with van der Waals surface area (Å²) in [5.41, 5.74) is 4.12. The van der Waals surface area contributed by atoms with E-state index in [-0.39, 0.29) is 6.54 Å². The van der Waals surface area contributed by atoms with Crippen molar-refractivity contribution < 1.29 is 8.78 Å². The molecule has 1 fully saturated rings. The molecule has 1 rings (SSSR count). The number of nitrogens with two attached hydrogens (primary N) is 1. The molecule has 0 aromatic heterocycles. The lowest BCUT2D eigenvalue weighted by molar-refractivity contribution is -0.113. The fourth-order valence-electron chi connectivity index (χ4n) is 1.20. The highest BCUT2D eigenvalue weighted by molar-refractivity contribution is 4.99. The van der Waals surface area contributed by atoms with Crippen LogP contribution in [0.3, 0.4) is 0 Å². The van der Waals surface area contributed by atoms with E-state index in [9.17, 15) is 8.78 Å². The van der Waals surface area contributed by atoms with Gasteiger partial charge in [0.05, 0.1) is 12.1 Å². The third-order valence-corrected chi connectivity index (χ3v) is 2.32. The van der Waals surface area contributed by atoms with E-state index in [2.05, 4.69) is 0 Å². The molecule has 0 bridgehead atoms. The second-order valence-corrected chi connectivity index (χ2v) is 3.61. The summed E-state index contributed by atoms with van der Waals surface area (Å²) in [6.45, 7) is 1.85. The molecule has 1 saturated heterocycles. The van der Waals surface area contributed by atoms with Gasteiger partial charge in [0, 0.05) is 6.54 Å². The molecule has 2 nitrogen and oxygen atoms in total. The average molecular weight is 164 g/mol. The van der Waals surface area contributed by atoms with Gasteiger partial charge in [0.15, 0.2) is 0 Å². The second kappa shape index (κ2) is 2.38. The summed E-state index contributed by atoms with van der Waals surface area (Å²) in [5, 5.41) is 0. The Bertz CT molecular complexity index is 157. The normalized spacial score (nSPS) is 39.0. The summed E-state index contributed by atoms with van der Waals surface area (Å²) >= 11 is 0. The molecule has 0 amide bonds. The van der Waals surface area contributed by atoms with E-state index in [1.807, 2.05) is 0 Å². The molecule has 4 heteroatoms. The second-order valence-electron chi connectivity index (χ2n) is 3.61. The van der Waals surface area contributed by atoms with E-state index in [0.29, 0.717) is 13.0 Å². The largest absolute Gasteiger partial charge is 0.320 e.